The quantitative estimate of drug-likeness (QED) is 0.504. The van der Waals surface area contributed by atoms with Crippen molar-refractivity contribution < 1.29 is 4.92 Å². The lowest BCUT2D eigenvalue weighted by Gasteiger charge is -2.35. The number of hydrazone groups is 1. The summed E-state index contributed by atoms with van der Waals surface area (Å²) in [5, 5.41) is 27.1. The maximum absolute atomic E-state index is 11.2. The Bertz CT molecular complexity index is 1120. The van der Waals surface area contributed by atoms with Gasteiger partial charge in [-0.1, -0.05) is 24.3 Å². The van der Waals surface area contributed by atoms with E-state index in [9.17, 15) is 15.4 Å². The number of pyridine rings is 1. The van der Waals surface area contributed by atoms with E-state index in [1.165, 1.54) is 12.1 Å². The molecule has 8 nitrogen and oxygen atoms in total. The summed E-state index contributed by atoms with van der Waals surface area (Å²) in [5.74, 6) is 0. The number of rotatable bonds is 4. The minimum absolute atomic E-state index is 0.0216. The van der Waals surface area contributed by atoms with Gasteiger partial charge >= 0.3 is 0 Å². The molecule has 1 aliphatic heterocycles. The van der Waals surface area contributed by atoms with Gasteiger partial charge in [-0.05, 0) is 30.3 Å². The Labute approximate surface area is 167 Å². The normalized spacial score (nSPS) is 13.6. The zero-order chi connectivity index (χ0) is 20.2. The van der Waals surface area contributed by atoms with Gasteiger partial charge < -0.3 is 4.90 Å². The lowest BCUT2D eigenvalue weighted by Crippen LogP contribution is -2.45. The second kappa shape index (κ2) is 7.78. The van der Waals surface area contributed by atoms with Crippen LogP contribution in [0.2, 0.25) is 0 Å². The molecule has 1 aliphatic rings. The van der Waals surface area contributed by atoms with Gasteiger partial charge in [-0.25, -0.2) is 5.01 Å². The molecule has 29 heavy (non-hydrogen) atoms. The number of aromatic nitrogens is 1. The summed E-state index contributed by atoms with van der Waals surface area (Å²) in [7, 11) is 0. The molecule has 4 rings (SSSR count). The van der Waals surface area contributed by atoms with Crippen LogP contribution < -0.4 is 9.91 Å². The topological polar surface area (TPSA) is 98.7 Å². The molecule has 2 aromatic carbocycles. The number of nitriles is 1. The van der Waals surface area contributed by atoms with E-state index in [1.807, 2.05) is 41.3 Å². The number of anilines is 2. The number of para-hydroxylation sites is 1. The van der Waals surface area contributed by atoms with E-state index in [0.717, 1.165) is 0 Å². The number of nitrogens with zero attached hydrogens (tertiary/aromatic N) is 6. The number of benzene rings is 2. The Morgan fingerprint density at radius 2 is 1.90 bits per heavy atom. The second-order valence-electron chi connectivity index (χ2n) is 6.41. The first kappa shape index (κ1) is 18.1. The Morgan fingerprint density at radius 3 is 2.66 bits per heavy atom. The van der Waals surface area contributed by atoms with Crippen LogP contribution in [0.3, 0.4) is 0 Å². The van der Waals surface area contributed by atoms with Gasteiger partial charge in [-0.3, -0.25) is 15.1 Å². The molecule has 142 valence electrons. The highest BCUT2D eigenvalue weighted by molar-refractivity contribution is 6.03. The molecule has 0 saturated heterocycles. The summed E-state index contributed by atoms with van der Waals surface area (Å²) >= 11 is 0. The molecule has 3 aromatic rings. The van der Waals surface area contributed by atoms with Crippen LogP contribution in [0.25, 0.3) is 0 Å². The van der Waals surface area contributed by atoms with Crippen LogP contribution in [0.5, 0.6) is 0 Å². The summed E-state index contributed by atoms with van der Waals surface area (Å²) in [4.78, 5) is 17.1. The second-order valence-corrected chi connectivity index (χ2v) is 6.41. The standard InChI is InChI=1S/C21H16N6O2/c22-13-16-6-1-2-10-21(16)26-15-25(17-7-5-8-18(12-17)27(28)29)14-20(24-26)19-9-3-4-11-23-19/h1-12H,14-15H2. The van der Waals surface area contributed by atoms with Crippen LogP contribution in [-0.4, -0.2) is 28.8 Å². The van der Waals surface area contributed by atoms with Crippen LogP contribution in [-0.2, 0) is 0 Å². The van der Waals surface area contributed by atoms with Crippen LogP contribution in [0.4, 0.5) is 17.1 Å². The zero-order valence-corrected chi connectivity index (χ0v) is 15.3. The lowest BCUT2D eigenvalue weighted by atomic mass is 10.1. The fourth-order valence-electron chi connectivity index (χ4n) is 3.17. The minimum atomic E-state index is -0.413. The highest BCUT2D eigenvalue weighted by Crippen LogP contribution is 2.27. The van der Waals surface area contributed by atoms with E-state index in [-0.39, 0.29) is 5.69 Å². The minimum Gasteiger partial charge on any atom is -0.346 e. The van der Waals surface area contributed by atoms with E-state index in [4.69, 9.17) is 5.10 Å². The van der Waals surface area contributed by atoms with Gasteiger partial charge in [0.25, 0.3) is 5.69 Å². The molecule has 0 amide bonds. The van der Waals surface area contributed by atoms with Crippen molar-refractivity contribution in [1.82, 2.24) is 4.98 Å². The molecule has 0 bridgehead atoms. The van der Waals surface area contributed by atoms with E-state index < -0.39 is 4.92 Å². The third kappa shape index (κ3) is 3.75. The van der Waals surface area contributed by atoms with Gasteiger partial charge in [0.1, 0.15) is 18.4 Å². The molecular weight excluding hydrogens is 368 g/mol. The fourth-order valence-corrected chi connectivity index (χ4v) is 3.17. The highest BCUT2D eigenvalue weighted by atomic mass is 16.6. The number of nitro groups is 1. The van der Waals surface area contributed by atoms with Crippen LogP contribution >= 0.6 is 0 Å². The van der Waals surface area contributed by atoms with Crippen molar-refractivity contribution in [3.8, 4) is 6.07 Å². The zero-order valence-electron chi connectivity index (χ0n) is 15.3. The fraction of sp³-hybridized carbons (Fsp3) is 0.0952. The Hall–Kier alpha value is -4.25. The molecule has 0 N–H and O–H groups in total. The Balaban J connectivity index is 1.78. The first-order valence-electron chi connectivity index (χ1n) is 8.90. The smallest absolute Gasteiger partial charge is 0.271 e. The molecule has 0 spiro atoms. The first-order chi connectivity index (χ1) is 14.2. The SMILES string of the molecule is N#Cc1ccccc1N1CN(c2cccc([N+](=O)[O-])c2)CC(c2ccccn2)=N1. The van der Waals surface area contributed by atoms with Crippen LogP contribution in [0.1, 0.15) is 11.3 Å². The van der Waals surface area contributed by atoms with Gasteiger partial charge in [0.05, 0.1) is 28.4 Å². The molecule has 2 heterocycles. The molecule has 0 radical (unpaired) electrons. The van der Waals surface area contributed by atoms with E-state index in [0.29, 0.717) is 41.6 Å². The molecular formula is C21H16N6O2. The Kier molecular flexibility index (Phi) is 4.86. The molecule has 0 unspecified atom stereocenters. The van der Waals surface area contributed by atoms with Gasteiger partial charge in [-0.2, -0.15) is 10.4 Å². The third-order valence-corrected chi connectivity index (χ3v) is 4.56. The predicted molar refractivity (Wildman–Crippen MR) is 110 cm³/mol. The predicted octanol–water partition coefficient (Wildman–Crippen LogP) is 3.55. The van der Waals surface area contributed by atoms with E-state index >= 15 is 0 Å². The Morgan fingerprint density at radius 1 is 1.07 bits per heavy atom. The maximum Gasteiger partial charge on any atom is 0.271 e. The first-order valence-corrected chi connectivity index (χ1v) is 8.90. The molecule has 0 aliphatic carbocycles. The number of hydrogen-bond acceptors (Lipinski definition) is 7. The van der Waals surface area contributed by atoms with Gasteiger partial charge in [0.15, 0.2) is 0 Å². The number of hydrogen-bond donors (Lipinski definition) is 0. The molecule has 0 atom stereocenters. The molecule has 8 heteroatoms. The summed E-state index contributed by atoms with van der Waals surface area (Å²) < 4.78 is 0. The molecule has 1 aromatic heterocycles. The largest absolute Gasteiger partial charge is 0.346 e. The van der Waals surface area contributed by atoms with E-state index in [1.54, 1.807) is 29.4 Å². The van der Waals surface area contributed by atoms with Crippen molar-refractivity contribution in [1.29, 1.82) is 5.26 Å². The van der Waals surface area contributed by atoms with Crippen molar-refractivity contribution in [3.05, 3.63) is 94.3 Å². The van der Waals surface area contributed by atoms with Gasteiger partial charge in [0.2, 0.25) is 0 Å². The molecule has 0 saturated carbocycles. The summed E-state index contributed by atoms with van der Waals surface area (Å²) in [6.45, 7) is 0.777. The number of non-ortho nitro benzene ring substituents is 1. The van der Waals surface area contributed by atoms with Gasteiger partial charge in [-0.15, -0.1) is 0 Å². The average molecular weight is 384 g/mol. The van der Waals surface area contributed by atoms with E-state index in [2.05, 4.69) is 11.1 Å². The van der Waals surface area contributed by atoms with Crippen molar-refractivity contribution in [2.45, 2.75) is 0 Å². The van der Waals surface area contributed by atoms with Crippen LogP contribution in [0, 0.1) is 21.4 Å². The average Bonchev–Trinajstić information content (AvgIpc) is 2.79. The summed E-state index contributed by atoms with van der Waals surface area (Å²) in [6.07, 6.45) is 1.69. The van der Waals surface area contributed by atoms with Crippen molar-refractivity contribution in [2.24, 2.45) is 5.10 Å². The lowest BCUT2D eigenvalue weighted by molar-refractivity contribution is -0.384. The molecule has 0 fully saturated rings. The monoisotopic (exact) mass is 384 g/mol. The third-order valence-electron chi connectivity index (χ3n) is 4.56. The van der Waals surface area contributed by atoms with Gasteiger partial charge in [0, 0.05) is 24.0 Å². The van der Waals surface area contributed by atoms with Crippen molar-refractivity contribution >= 4 is 22.8 Å². The number of nitro benzene ring substituents is 1. The summed E-state index contributed by atoms with van der Waals surface area (Å²) in [6, 6.07) is 21.5. The van der Waals surface area contributed by atoms with Crippen LogP contribution in [0.15, 0.2) is 78.0 Å². The summed E-state index contributed by atoms with van der Waals surface area (Å²) in [5.41, 5.74) is 3.30. The van der Waals surface area contributed by atoms with Crippen molar-refractivity contribution in [3.63, 3.8) is 0 Å². The maximum atomic E-state index is 11.2. The van der Waals surface area contributed by atoms with Crippen molar-refractivity contribution in [2.75, 3.05) is 23.1 Å². The highest BCUT2D eigenvalue weighted by Gasteiger charge is 2.25.